The van der Waals surface area contributed by atoms with Crippen molar-refractivity contribution in [1.82, 2.24) is 0 Å². The minimum absolute atomic E-state index is 0.0741. The SMILES string of the molecule is O=C(CC12C[C@@H]3C[C@@H](CC(O)(C3)C1)C2)OCc1ccc(C(=O)Nc2ccccc2)cc1. The van der Waals surface area contributed by atoms with Gasteiger partial charge in [-0.05, 0) is 85.6 Å². The lowest BCUT2D eigenvalue weighted by Crippen LogP contribution is -2.56. The van der Waals surface area contributed by atoms with Gasteiger partial charge in [0.15, 0.2) is 0 Å². The largest absolute Gasteiger partial charge is 0.461 e. The molecule has 2 aromatic carbocycles. The summed E-state index contributed by atoms with van der Waals surface area (Å²) in [5.41, 5.74) is 1.53. The van der Waals surface area contributed by atoms with Gasteiger partial charge in [-0.25, -0.2) is 0 Å². The van der Waals surface area contributed by atoms with Crippen LogP contribution in [-0.2, 0) is 16.1 Å². The molecular formula is C26H29NO4. The first-order valence-corrected chi connectivity index (χ1v) is 11.2. The number of aliphatic hydroxyl groups is 1. The molecule has 4 bridgehead atoms. The molecule has 162 valence electrons. The molecule has 0 saturated heterocycles. The highest BCUT2D eigenvalue weighted by molar-refractivity contribution is 6.04. The van der Waals surface area contributed by atoms with E-state index in [1.165, 1.54) is 6.42 Å². The van der Waals surface area contributed by atoms with Crippen LogP contribution in [0.2, 0.25) is 0 Å². The summed E-state index contributed by atoms with van der Waals surface area (Å²) in [5.74, 6) is 0.771. The normalized spacial score (nSPS) is 30.7. The molecular weight excluding hydrogens is 390 g/mol. The molecule has 1 amide bonds. The number of para-hydroxylation sites is 1. The number of ether oxygens (including phenoxy) is 1. The van der Waals surface area contributed by atoms with Crippen LogP contribution in [0.15, 0.2) is 54.6 Å². The third kappa shape index (κ3) is 4.38. The van der Waals surface area contributed by atoms with Gasteiger partial charge in [0.05, 0.1) is 12.0 Å². The van der Waals surface area contributed by atoms with Crippen molar-refractivity contribution in [2.24, 2.45) is 17.3 Å². The number of amides is 1. The summed E-state index contributed by atoms with van der Waals surface area (Å²) in [5, 5.41) is 13.7. The number of rotatable bonds is 6. The van der Waals surface area contributed by atoms with Gasteiger partial charge in [0.25, 0.3) is 5.91 Å². The van der Waals surface area contributed by atoms with E-state index in [0.717, 1.165) is 43.4 Å². The van der Waals surface area contributed by atoms with Gasteiger partial charge in [0.1, 0.15) is 6.61 Å². The van der Waals surface area contributed by atoms with Crippen molar-refractivity contribution in [1.29, 1.82) is 0 Å². The molecule has 2 unspecified atom stereocenters. The standard InChI is InChI=1S/C26H29NO4/c28-23(15-25-11-19-10-20(12-25)14-26(30,13-19)17-25)31-16-18-6-8-21(9-7-18)24(29)27-22-4-2-1-3-5-22/h1-9,19-20,30H,10-17H2,(H,27,29)/t19-,20+,25?,26?. The van der Waals surface area contributed by atoms with Gasteiger partial charge in [-0.15, -0.1) is 0 Å². The Morgan fingerprint density at radius 3 is 2.29 bits per heavy atom. The molecule has 5 nitrogen and oxygen atoms in total. The number of esters is 1. The van der Waals surface area contributed by atoms with Crippen LogP contribution in [0.1, 0.15) is 60.9 Å². The van der Waals surface area contributed by atoms with Crippen LogP contribution in [0.3, 0.4) is 0 Å². The molecule has 6 rings (SSSR count). The van der Waals surface area contributed by atoms with Crippen LogP contribution >= 0.6 is 0 Å². The third-order valence-corrected chi connectivity index (χ3v) is 7.32. The Hall–Kier alpha value is -2.66. The van der Waals surface area contributed by atoms with Gasteiger partial charge >= 0.3 is 5.97 Å². The molecule has 4 atom stereocenters. The molecule has 0 heterocycles. The fourth-order valence-electron chi connectivity index (χ4n) is 6.61. The van der Waals surface area contributed by atoms with Gasteiger partial charge in [0.2, 0.25) is 0 Å². The number of hydrogen-bond acceptors (Lipinski definition) is 4. The minimum Gasteiger partial charge on any atom is -0.461 e. The number of nitrogens with one attached hydrogen (secondary N) is 1. The fraction of sp³-hybridized carbons (Fsp3) is 0.462. The van der Waals surface area contributed by atoms with Gasteiger partial charge in [-0.2, -0.15) is 0 Å². The second kappa shape index (κ2) is 7.79. The van der Waals surface area contributed by atoms with E-state index in [0.29, 0.717) is 23.8 Å². The number of hydrogen-bond donors (Lipinski definition) is 2. The van der Waals surface area contributed by atoms with Gasteiger partial charge in [-0.1, -0.05) is 30.3 Å². The number of carbonyl (C=O) groups excluding carboxylic acids is 2. The Bertz CT molecular complexity index is 955. The van der Waals surface area contributed by atoms with E-state index in [1.807, 2.05) is 42.5 Å². The van der Waals surface area contributed by atoms with Crippen molar-refractivity contribution in [3.8, 4) is 0 Å². The zero-order chi connectivity index (χ0) is 21.5. The Morgan fingerprint density at radius 1 is 0.968 bits per heavy atom. The van der Waals surface area contributed by atoms with E-state index in [2.05, 4.69) is 5.32 Å². The van der Waals surface area contributed by atoms with E-state index < -0.39 is 5.60 Å². The molecule has 4 saturated carbocycles. The summed E-state index contributed by atoms with van der Waals surface area (Å²) in [6.07, 6.45) is 6.27. The lowest BCUT2D eigenvalue weighted by atomic mass is 9.47. The van der Waals surface area contributed by atoms with Crippen molar-refractivity contribution < 1.29 is 19.4 Å². The molecule has 5 heteroatoms. The highest BCUT2D eigenvalue weighted by Gasteiger charge is 2.57. The number of carbonyl (C=O) groups is 2. The van der Waals surface area contributed by atoms with Crippen molar-refractivity contribution >= 4 is 17.6 Å². The first-order chi connectivity index (χ1) is 14.9. The van der Waals surface area contributed by atoms with Gasteiger partial charge in [-0.3, -0.25) is 9.59 Å². The summed E-state index contributed by atoms with van der Waals surface area (Å²) in [4.78, 5) is 25.0. The van der Waals surface area contributed by atoms with E-state index >= 15 is 0 Å². The lowest BCUT2D eigenvalue weighted by Gasteiger charge is -2.60. The first-order valence-electron chi connectivity index (χ1n) is 11.2. The zero-order valence-corrected chi connectivity index (χ0v) is 17.7. The lowest BCUT2D eigenvalue weighted by molar-refractivity contribution is -0.177. The van der Waals surface area contributed by atoms with Crippen LogP contribution < -0.4 is 5.32 Å². The Balaban J connectivity index is 1.14. The maximum absolute atomic E-state index is 12.6. The van der Waals surface area contributed by atoms with Crippen LogP contribution in [0.4, 0.5) is 5.69 Å². The van der Waals surface area contributed by atoms with Crippen LogP contribution in [-0.4, -0.2) is 22.6 Å². The van der Waals surface area contributed by atoms with E-state index in [9.17, 15) is 14.7 Å². The van der Waals surface area contributed by atoms with Crippen LogP contribution in [0.25, 0.3) is 0 Å². The predicted molar refractivity (Wildman–Crippen MR) is 117 cm³/mol. The van der Waals surface area contributed by atoms with Crippen LogP contribution in [0.5, 0.6) is 0 Å². The topological polar surface area (TPSA) is 75.6 Å². The summed E-state index contributed by atoms with van der Waals surface area (Å²) < 4.78 is 5.57. The van der Waals surface area contributed by atoms with Gasteiger partial charge < -0.3 is 15.2 Å². The fourth-order valence-corrected chi connectivity index (χ4v) is 6.61. The Kier molecular flexibility index (Phi) is 5.09. The monoisotopic (exact) mass is 419 g/mol. The summed E-state index contributed by atoms with van der Waals surface area (Å²) >= 11 is 0. The molecule has 0 radical (unpaired) electrons. The molecule has 31 heavy (non-hydrogen) atoms. The Labute approximate surface area is 182 Å². The average Bonchev–Trinajstić information content (AvgIpc) is 2.71. The second-order valence-electron chi connectivity index (χ2n) is 10.0. The number of benzene rings is 2. The van der Waals surface area contributed by atoms with Crippen molar-refractivity contribution in [3.05, 3.63) is 65.7 Å². The maximum Gasteiger partial charge on any atom is 0.306 e. The van der Waals surface area contributed by atoms with Crippen molar-refractivity contribution in [2.75, 3.05) is 5.32 Å². The van der Waals surface area contributed by atoms with E-state index in [1.54, 1.807) is 12.1 Å². The molecule has 2 aromatic rings. The van der Waals surface area contributed by atoms with Gasteiger partial charge in [0, 0.05) is 11.3 Å². The highest BCUT2D eigenvalue weighted by Crippen LogP contribution is 2.62. The van der Waals surface area contributed by atoms with Crippen molar-refractivity contribution in [2.45, 2.75) is 57.2 Å². The summed E-state index contributed by atoms with van der Waals surface area (Å²) in [6, 6.07) is 16.5. The quantitative estimate of drug-likeness (QED) is 0.666. The molecule has 4 aliphatic carbocycles. The summed E-state index contributed by atoms with van der Waals surface area (Å²) in [7, 11) is 0. The van der Waals surface area contributed by atoms with E-state index in [4.69, 9.17) is 4.74 Å². The molecule has 4 aliphatic rings. The Morgan fingerprint density at radius 2 is 1.65 bits per heavy atom. The van der Waals surface area contributed by atoms with Crippen LogP contribution in [0, 0.1) is 17.3 Å². The van der Waals surface area contributed by atoms with Crippen molar-refractivity contribution in [3.63, 3.8) is 0 Å². The first kappa shape index (κ1) is 20.3. The number of anilines is 1. The average molecular weight is 420 g/mol. The molecule has 0 spiro atoms. The molecule has 2 N–H and O–H groups in total. The molecule has 0 aromatic heterocycles. The molecule has 0 aliphatic heterocycles. The smallest absolute Gasteiger partial charge is 0.306 e. The van der Waals surface area contributed by atoms with E-state index in [-0.39, 0.29) is 23.9 Å². The minimum atomic E-state index is -0.555. The highest BCUT2D eigenvalue weighted by atomic mass is 16.5. The second-order valence-corrected chi connectivity index (χ2v) is 10.0. The molecule has 4 fully saturated rings. The maximum atomic E-state index is 12.6. The third-order valence-electron chi connectivity index (χ3n) is 7.32. The zero-order valence-electron chi connectivity index (χ0n) is 17.7. The summed E-state index contributed by atoms with van der Waals surface area (Å²) in [6.45, 7) is 0.201. The predicted octanol–water partition coefficient (Wildman–Crippen LogP) is 4.70.